The molecule has 2 N–H and O–H groups in total. The van der Waals surface area contributed by atoms with E-state index in [1.807, 2.05) is 0 Å². The monoisotopic (exact) mass is 229 g/mol. The number of epoxide rings is 1. The minimum Gasteiger partial charge on any atom is -0.489 e. The van der Waals surface area contributed by atoms with Crippen molar-refractivity contribution in [1.29, 1.82) is 0 Å². The molecule has 15 heavy (non-hydrogen) atoms. The number of nitrogens with two attached hydrogens (primary N) is 1. The van der Waals surface area contributed by atoms with Crippen molar-refractivity contribution in [2.75, 3.05) is 13.2 Å². The zero-order chi connectivity index (χ0) is 10.9. The van der Waals surface area contributed by atoms with Crippen LogP contribution in [0.2, 0.25) is 0 Å². The summed E-state index contributed by atoms with van der Waals surface area (Å²) in [5.74, 6) is 0.274. The fourth-order valence-corrected chi connectivity index (χ4v) is 1.83. The van der Waals surface area contributed by atoms with Crippen molar-refractivity contribution in [1.82, 2.24) is 0 Å². The Hall–Kier alpha value is -1.11. The highest BCUT2D eigenvalue weighted by molar-refractivity contribution is 7.89. The van der Waals surface area contributed by atoms with Crippen LogP contribution in [0, 0.1) is 0 Å². The van der Waals surface area contributed by atoms with E-state index in [0.29, 0.717) is 13.2 Å². The quantitative estimate of drug-likeness (QED) is 0.743. The van der Waals surface area contributed by atoms with Gasteiger partial charge in [0.2, 0.25) is 10.0 Å². The Morgan fingerprint density at radius 3 is 2.73 bits per heavy atom. The highest BCUT2D eigenvalue weighted by Gasteiger charge is 2.24. The van der Waals surface area contributed by atoms with Gasteiger partial charge in [-0.05, 0) is 12.1 Å². The Morgan fingerprint density at radius 1 is 1.47 bits per heavy atom. The number of para-hydroxylation sites is 1. The van der Waals surface area contributed by atoms with Crippen molar-refractivity contribution >= 4 is 10.0 Å². The largest absolute Gasteiger partial charge is 0.489 e. The molecule has 5 nitrogen and oxygen atoms in total. The lowest BCUT2D eigenvalue weighted by atomic mass is 10.3. The molecule has 1 aliphatic rings. The highest BCUT2D eigenvalue weighted by Crippen LogP contribution is 2.23. The van der Waals surface area contributed by atoms with Crippen LogP contribution < -0.4 is 9.88 Å². The first-order valence-corrected chi connectivity index (χ1v) is 5.98. The average Bonchev–Trinajstić information content (AvgIpc) is 2.97. The lowest BCUT2D eigenvalue weighted by Gasteiger charge is -2.08. The number of hydrogen-bond acceptors (Lipinski definition) is 4. The average molecular weight is 229 g/mol. The van der Waals surface area contributed by atoms with Gasteiger partial charge < -0.3 is 9.47 Å². The van der Waals surface area contributed by atoms with E-state index < -0.39 is 10.0 Å². The fraction of sp³-hybridized carbons (Fsp3) is 0.333. The molecule has 1 heterocycles. The number of benzene rings is 1. The van der Waals surface area contributed by atoms with E-state index in [-0.39, 0.29) is 16.7 Å². The molecule has 1 aliphatic heterocycles. The van der Waals surface area contributed by atoms with Crippen LogP contribution in [0.4, 0.5) is 0 Å². The van der Waals surface area contributed by atoms with Crippen molar-refractivity contribution < 1.29 is 17.9 Å². The van der Waals surface area contributed by atoms with Gasteiger partial charge in [-0.2, -0.15) is 0 Å². The number of rotatable bonds is 4. The third-order valence-electron chi connectivity index (χ3n) is 1.98. The summed E-state index contributed by atoms with van der Waals surface area (Å²) in [5.41, 5.74) is 0. The van der Waals surface area contributed by atoms with Crippen LogP contribution in [0.25, 0.3) is 0 Å². The Balaban J connectivity index is 2.20. The third kappa shape index (κ3) is 2.68. The van der Waals surface area contributed by atoms with E-state index in [2.05, 4.69) is 0 Å². The molecule has 1 unspecified atom stereocenters. The minimum absolute atomic E-state index is 0.00523. The van der Waals surface area contributed by atoms with Gasteiger partial charge in [0.05, 0.1) is 6.61 Å². The summed E-state index contributed by atoms with van der Waals surface area (Å²) in [5, 5.41) is 5.04. The number of ether oxygens (including phenoxy) is 2. The molecular formula is C9H11NO4S. The summed E-state index contributed by atoms with van der Waals surface area (Å²) in [6, 6.07) is 6.28. The van der Waals surface area contributed by atoms with E-state index in [0.717, 1.165) is 0 Å². The molecule has 2 rings (SSSR count). The standard InChI is InChI=1S/C9H11NO4S/c10-15(11,12)9-4-2-1-3-8(9)14-6-7-5-13-7/h1-4,7H,5-6H2,(H2,10,11,12). The van der Waals surface area contributed by atoms with Gasteiger partial charge in [0, 0.05) is 0 Å². The molecule has 0 saturated carbocycles. The maximum absolute atomic E-state index is 11.2. The van der Waals surface area contributed by atoms with Gasteiger partial charge in [0.15, 0.2) is 0 Å². The molecule has 0 amide bonds. The molecule has 1 fully saturated rings. The maximum Gasteiger partial charge on any atom is 0.241 e. The molecular weight excluding hydrogens is 218 g/mol. The second-order valence-electron chi connectivity index (χ2n) is 3.26. The van der Waals surface area contributed by atoms with Crippen LogP contribution in [0.3, 0.4) is 0 Å². The number of sulfonamides is 1. The normalized spacial score (nSPS) is 19.9. The molecule has 0 aromatic heterocycles. The number of hydrogen-bond donors (Lipinski definition) is 1. The Morgan fingerprint density at radius 2 is 2.13 bits per heavy atom. The molecule has 6 heteroatoms. The SMILES string of the molecule is NS(=O)(=O)c1ccccc1OCC1CO1. The van der Waals surface area contributed by atoms with Crippen molar-refractivity contribution in [3.8, 4) is 5.75 Å². The fourth-order valence-electron chi connectivity index (χ4n) is 1.15. The van der Waals surface area contributed by atoms with E-state index in [1.165, 1.54) is 6.07 Å². The van der Waals surface area contributed by atoms with Crippen LogP contribution in [0.1, 0.15) is 0 Å². The highest BCUT2D eigenvalue weighted by atomic mass is 32.2. The Kier molecular flexibility index (Phi) is 2.64. The molecule has 1 aromatic rings. The second kappa shape index (κ2) is 3.80. The van der Waals surface area contributed by atoms with Crippen LogP contribution >= 0.6 is 0 Å². The van der Waals surface area contributed by atoms with Gasteiger partial charge in [0.25, 0.3) is 0 Å². The van der Waals surface area contributed by atoms with Crippen molar-refractivity contribution in [3.05, 3.63) is 24.3 Å². The summed E-state index contributed by atoms with van der Waals surface area (Å²) >= 11 is 0. The van der Waals surface area contributed by atoms with Crippen LogP contribution in [0.15, 0.2) is 29.2 Å². The Labute approximate surface area is 87.8 Å². The predicted molar refractivity (Wildman–Crippen MR) is 53.1 cm³/mol. The molecule has 0 radical (unpaired) electrons. The van der Waals surface area contributed by atoms with Gasteiger partial charge in [0.1, 0.15) is 23.4 Å². The van der Waals surface area contributed by atoms with Gasteiger partial charge in [-0.3, -0.25) is 0 Å². The van der Waals surface area contributed by atoms with Gasteiger partial charge in [-0.1, -0.05) is 12.1 Å². The van der Waals surface area contributed by atoms with Crippen LogP contribution in [-0.4, -0.2) is 27.7 Å². The van der Waals surface area contributed by atoms with Gasteiger partial charge >= 0.3 is 0 Å². The first-order valence-electron chi connectivity index (χ1n) is 4.43. The molecule has 1 saturated heterocycles. The van der Waals surface area contributed by atoms with Gasteiger partial charge in [-0.15, -0.1) is 0 Å². The lowest BCUT2D eigenvalue weighted by molar-refractivity contribution is 0.258. The summed E-state index contributed by atoms with van der Waals surface area (Å²) < 4.78 is 32.6. The molecule has 0 spiro atoms. The Bertz CT molecular complexity index is 453. The maximum atomic E-state index is 11.2. The third-order valence-corrected chi connectivity index (χ3v) is 2.93. The lowest BCUT2D eigenvalue weighted by Crippen LogP contribution is -2.15. The van der Waals surface area contributed by atoms with Gasteiger partial charge in [-0.25, -0.2) is 13.6 Å². The molecule has 0 bridgehead atoms. The second-order valence-corrected chi connectivity index (χ2v) is 4.79. The number of primary sulfonamides is 1. The van der Waals surface area contributed by atoms with Crippen molar-refractivity contribution in [2.45, 2.75) is 11.0 Å². The molecule has 0 aliphatic carbocycles. The zero-order valence-corrected chi connectivity index (χ0v) is 8.74. The smallest absolute Gasteiger partial charge is 0.241 e. The predicted octanol–water partition coefficient (Wildman–Crippen LogP) is 0.112. The minimum atomic E-state index is -3.73. The zero-order valence-electron chi connectivity index (χ0n) is 7.92. The van der Waals surface area contributed by atoms with E-state index in [9.17, 15) is 8.42 Å². The van der Waals surface area contributed by atoms with Crippen molar-refractivity contribution in [2.24, 2.45) is 5.14 Å². The first kappa shape index (κ1) is 10.4. The summed E-state index contributed by atoms with van der Waals surface area (Å²) in [6.07, 6.45) is 0.0820. The van der Waals surface area contributed by atoms with E-state index in [1.54, 1.807) is 18.2 Å². The van der Waals surface area contributed by atoms with E-state index in [4.69, 9.17) is 14.6 Å². The van der Waals surface area contributed by atoms with Crippen molar-refractivity contribution in [3.63, 3.8) is 0 Å². The van der Waals surface area contributed by atoms with Crippen LogP contribution in [0.5, 0.6) is 5.75 Å². The summed E-state index contributed by atoms with van der Waals surface area (Å²) in [6.45, 7) is 1.02. The van der Waals surface area contributed by atoms with E-state index >= 15 is 0 Å². The summed E-state index contributed by atoms with van der Waals surface area (Å²) in [4.78, 5) is 0.00523. The van der Waals surface area contributed by atoms with Crippen LogP contribution in [-0.2, 0) is 14.8 Å². The topological polar surface area (TPSA) is 81.9 Å². The summed E-state index contributed by atoms with van der Waals surface area (Å²) in [7, 11) is -3.73. The first-order chi connectivity index (χ1) is 7.07. The molecule has 1 atom stereocenters. The molecule has 82 valence electrons. The molecule has 1 aromatic carbocycles.